The van der Waals surface area contributed by atoms with Gasteiger partial charge in [-0.2, -0.15) is 0 Å². The van der Waals surface area contributed by atoms with E-state index in [2.05, 4.69) is 22.1 Å². The third-order valence-corrected chi connectivity index (χ3v) is 3.98. The summed E-state index contributed by atoms with van der Waals surface area (Å²) in [6, 6.07) is 3.61. The molecule has 4 nitrogen and oxygen atoms in total. The van der Waals surface area contributed by atoms with Crippen molar-refractivity contribution >= 4 is 0 Å². The molecule has 4 heteroatoms. The van der Waals surface area contributed by atoms with E-state index in [0.29, 0.717) is 5.75 Å². The molecule has 20 heavy (non-hydrogen) atoms. The molecule has 0 aromatic carbocycles. The maximum absolute atomic E-state index is 9.96. The van der Waals surface area contributed by atoms with E-state index in [0.717, 1.165) is 56.5 Å². The summed E-state index contributed by atoms with van der Waals surface area (Å²) in [5.41, 5.74) is 1.78. The predicted octanol–water partition coefficient (Wildman–Crippen LogP) is 2.31. The van der Waals surface area contributed by atoms with Crippen LogP contribution in [0.2, 0.25) is 0 Å². The van der Waals surface area contributed by atoms with Crippen LogP contribution in [-0.4, -0.2) is 41.2 Å². The molecule has 0 spiro atoms. The van der Waals surface area contributed by atoms with Crippen LogP contribution >= 0.6 is 0 Å². The number of aromatic nitrogens is 1. The number of nitrogens with zero attached hydrogens (tertiary/aromatic N) is 2. The highest BCUT2D eigenvalue weighted by Crippen LogP contribution is 2.19. The van der Waals surface area contributed by atoms with Crippen LogP contribution in [0.3, 0.4) is 0 Å². The minimum absolute atomic E-state index is 0.321. The topological polar surface area (TPSA) is 48.4 Å². The van der Waals surface area contributed by atoms with E-state index < -0.39 is 0 Å². The van der Waals surface area contributed by atoms with E-state index in [9.17, 15) is 5.11 Å². The zero-order valence-corrected chi connectivity index (χ0v) is 12.7. The van der Waals surface area contributed by atoms with E-state index in [4.69, 9.17) is 0 Å². The summed E-state index contributed by atoms with van der Waals surface area (Å²) in [5.74, 6) is 1.09. The molecule has 1 fully saturated rings. The monoisotopic (exact) mass is 277 g/mol. The van der Waals surface area contributed by atoms with Gasteiger partial charge < -0.3 is 10.4 Å². The molecule has 0 atom stereocenters. The smallest absolute Gasteiger partial charge is 0.138 e. The van der Waals surface area contributed by atoms with Crippen LogP contribution in [-0.2, 0) is 6.54 Å². The molecule has 0 bridgehead atoms. The molecule has 2 heterocycles. The Balaban J connectivity index is 1.98. The lowest BCUT2D eigenvalue weighted by molar-refractivity contribution is 0.195. The quantitative estimate of drug-likeness (QED) is 0.838. The average molecular weight is 277 g/mol. The summed E-state index contributed by atoms with van der Waals surface area (Å²) < 4.78 is 0. The van der Waals surface area contributed by atoms with Crippen LogP contribution in [0.4, 0.5) is 0 Å². The molecule has 0 saturated carbocycles. The number of hydrogen-bond acceptors (Lipinski definition) is 4. The molecule has 2 N–H and O–H groups in total. The Morgan fingerprint density at radius 2 is 2.10 bits per heavy atom. The van der Waals surface area contributed by atoms with Crippen molar-refractivity contribution in [3.8, 4) is 5.75 Å². The highest BCUT2D eigenvalue weighted by Gasteiger charge is 2.18. The van der Waals surface area contributed by atoms with Gasteiger partial charge in [0.25, 0.3) is 0 Å². The summed E-state index contributed by atoms with van der Waals surface area (Å²) in [6.45, 7) is 9.39. The standard InChI is InChI=1S/C16H27N3O/c1-3-10-19(11-14-6-8-17-9-7-14)12-15-16(20)5-4-13(2)18-15/h4-5,14,17,20H,3,6-12H2,1-2H3. The Kier molecular flexibility index (Phi) is 5.80. The molecule has 0 radical (unpaired) electrons. The maximum Gasteiger partial charge on any atom is 0.138 e. The van der Waals surface area contributed by atoms with E-state index in [1.165, 1.54) is 12.8 Å². The summed E-state index contributed by atoms with van der Waals surface area (Å²) in [6.07, 6.45) is 3.65. The van der Waals surface area contributed by atoms with Gasteiger partial charge in [-0.3, -0.25) is 9.88 Å². The molecule has 1 aliphatic heterocycles. The van der Waals surface area contributed by atoms with Gasteiger partial charge in [0.1, 0.15) is 5.75 Å². The molecule has 112 valence electrons. The first kappa shape index (κ1) is 15.3. The van der Waals surface area contributed by atoms with Crippen molar-refractivity contribution in [2.45, 2.75) is 39.7 Å². The SMILES string of the molecule is CCCN(Cc1nc(C)ccc1O)CC1CCNCC1. The number of rotatable bonds is 6. The minimum atomic E-state index is 0.321. The van der Waals surface area contributed by atoms with Gasteiger partial charge in [0.05, 0.1) is 5.69 Å². The second-order valence-electron chi connectivity index (χ2n) is 5.85. The lowest BCUT2D eigenvalue weighted by Gasteiger charge is -2.29. The van der Waals surface area contributed by atoms with Gasteiger partial charge in [-0.05, 0) is 63.9 Å². The van der Waals surface area contributed by atoms with Crippen molar-refractivity contribution < 1.29 is 5.11 Å². The highest BCUT2D eigenvalue weighted by atomic mass is 16.3. The third kappa shape index (κ3) is 4.46. The highest BCUT2D eigenvalue weighted by molar-refractivity contribution is 5.27. The van der Waals surface area contributed by atoms with Crippen molar-refractivity contribution in [2.24, 2.45) is 5.92 Å². The Morgan fingerprint density at radius 3 is 2.80 bits per heavy atom. The number of hydrogen-bond donors (Lipinski definition) is 2. The minimum Gasteiger partial charge on any atom is -0.506 e. The lowest BCUT2D eigenvalue weighted by atomic mass is 9.97. The number of piperidine rings is 1. The molecule has 1 aromatic rings. The van der Waals surface area contributed by atoms with Crippen molar-refractivity contribution in [3.63, 3.8) is 0 Å². The largest absolute Gasteiger partial charge is 0.506 e. The van der Waals surface area contributed by atoms with E-state index in [1.54, 1.807) is 6.07 Å². The summed E-state index contributed by atoms with van der Waals surface area (Å²) in [5, 5.41) is 13.4. The van der Waals surface area contributed by atoms with Crippen LogP contribution in [0.25, 0.3) is 0 Å². The van der Waals surface area contributed by atoms with Gasteiger partial charge >= 0.3 is 0 Å². The first-order valence-corrected chi connectivity index (χ1v) is 7.77. The molecular formula is C16H27N3O. The fraction of sp³-hybridized carbons (Fsp3) is 0.688. The number of aryl methyl sites for hydroxylation is 1. The second kappa shape index (κ2) is 7.60. The third-order valence-electron chi connectivity index (χ3n) is 3.98. The summed E-state index contributed by atoms with van der Waals surface area (Å²) in [4.78, 5) is 6.93. The first-order valence-electron chi connectivity index (χ1n) is 7.77. The van der Waals surface area contributed by atoms with Gasteiger partial charge in [-0.15, -0.1) is 0 Å². The van der Waals surface area contributed by atoms with Crippen molar-refractivity contribution in [2.75, 3.05) is 26.2 Å². The van der Waals surface area contributed by atoms with Gasteiger partial charge in [0, 0.05) is 18.8 Å². The van der Waals surface area contributed by atoms with Crippen molar-refractivity contribution in [3.05, 3.63) is 23.5 Å². The molecule has 1 aromatic heterocycles. The van der Waals surface area contributed by atoms with E-state index in [1.807, 2.05) is 13.0 Å². The zero-order chi connectivity index (χ0) is 14.4. The Morgan fingerprint density at radius 1 is 1.35 bits per heavy atom. The second-order valence-corrected chi connectivity index (χ2v) is 5.85. The number of pyridine rings is 1. The Hall–Kier alpha value is -1.13. The zero-order valence-electron chi connectivity index (χ0n) is 12.7. The van der Waals surface area contributed by atoms with Crippen LogP contribution in [0.1, 0.15) is 37.6 Å². The molecule has 0 amide bonds. The average Bonchev–Trinajstić information content (AvgIpc) is 2.44. The van der Waals surface area contributed by atoms with Gasteiger partial charge in [-0.25, -0.2) is 0 Å². The predicted molar refractivity (Wildman–Crippen MR) is 81.8 cm³/mol. The molecule has 0 aliphatic carbocycles. The van der Waals surface area contributed by atoms with Crippen LogP contribution < -0.4 is 5.32 Å². The van der Waals surface area contributed by atoms with Crippen LogP contribution in [0.5, 0.6) is 5.75 Å². The van der Waals surface area contributed by atoms with Crippen molar-refractivity contribution in [1.82, 2.24) is 15.2 Å². The number of nitrogens with one attached hydrogen (secondary N) is 1. The first-order chi connectivity index (χ1) is 9.69. The van der Waals surface area contributed by atoms with Crippen LogP contribution in [0.15, 0.2) is 12.1 Å². The fourth-order valence-corrected chi connectivity index (χ4v) is 2.91. The molecule has 0 unspecified atom stereocenters. The lowest BCUT2D eigenvalue weighted by Crippen LogP contribution is -2.36. The molecule has 1 saturated heterocycles. The molecule has 1 aliphatic rings. The molecule has 2 rings (SSSR count). The van der Waals surface area contributed by atoms with E-state index in [-0.39, 0.29) is 0 Å². The van der Waals surface area contributed by atoms with Gasteiger partial charge in [-0.1, -0.05) is 6.92 Å². The van der Waals surface area contributed by atoms with Crippen molar-refractivity contribution in [1.29, 1.82) is 0 Å². The van der Waals surface area contributed by atoms with E-state index >= 15 is 0 Å². The Labute approximate surface area is 122 Å². The fourth-order valence-electron chi connectivity index (χ4n) is 2.91. The van der Waals surface area contributed by atoms with Gasteiger partial charge in [0.15, 0.2) is 0 Å². The normalized spacial score (nSPS) is 16.8. The summed E-state index contributed by atoms with van der Waals surface area (Å²) in [7, 11) is 0. The number of aromatic hydroxyl groups is 1. The molecular weight excluding hydrogens is 250 g/mol. The maximum atomic E-state index is 9.96. The van der Waals surface area contributed by atoms with Gasteiger partial charge in [0.2, 0.25) is 0 Å². The Bertz CT molecular complexity index is 416. The summed E-state index contributed by atoms with van der Waals surface area (Å²) >= 11 is 0. The van der Waals surface area contributed by atoms with Crippen LogP contribution in [0, 0.1) is 12.8 Å².